The molecule has 0 aliphatic rings. The zero-order valence-electron chi connectivity index (χ0n) is 12.3. The highest BCUT2D eigenvalue weighted by atomic mass is 35.5. The van der Waals surface area contributed by atoms with Crippen LogP contribution in [0.4, 0.5) is 5.69 Å². The van der Waals surface area contributed by atoms with Crippen LogP contribution in [0.25, 0.3) is 0 Å². The van der Waals surface area contributed by atoms with E-state index in [-0.39, 0.29) is 16.9 Å². The minimum absolute atomic E-state index is 0.141. The molecule has 1 amide bonds. The molecule has 0 unspecified atom stereocenters. The van der Waals surface area contributed by atoms with Gasteiger partial charge in [0.25, 0.3) is 5.91 Å². The van der Waals surface area contributed by atoms with Gasteiger partial charge in [-0.1, -0.05) is 32.4 Å². The van der Waals surface area contributed by atoms with Crippen molar-refractivity contribution in [1.29, 1.82) is 0 Å². The Bertz CT molecular complexity index is 476. The zero-order valence-corrected chi connectivity index (χ0v) is 13.1. The molecule has 3 nitrogen and oxygen atoms in total. The van der Waals surface area contributed by atoms with E-state index in [0.717, 1.165) is 6.42 Å². The predicted molar refractivity (Wildman–Crippen MR) is 81.5 cm³/mol. The molecule has 19 heavy (non-hydrogen) atoms. The van der Waals surface area contributed by atoms with Crippen LogP contribution in [-0.2, 0) is 0 Å². The van der Waals surface area contributed by atoms with E-state index in [9.17, 15) is 4.79 Å². The number of benzene rings is 1. The maximum Gasteiger partial charge on any atom is 0.253 e. The second kappa shape index (κ2) is 5.41. The molecule has 0 aromatic heterocycles. The van der Waals surface area contributed by atoms with Crippen LogP contribution in [0.2, 0.25) is 5.02 Å². The Morgan fingerprint density at radius 2 is 1.84 bits per heavy atom. The molecule has 1 rings (SSSR count). The third kappa shape index (κ3) is 5.11. The third-order valence-corrected chi connectivity index (χ3v) is 2.92. The minimum Gasteiger partial charge on any atom is -0.398 e. The number of hydrogen-bond acceptors (Lipinski definition) is 2. The number of amides is 1. The van der Waals surface area contributed by atoms with Gasteiger partial charge in [0.2, 0.25) is 0 Å². The molecule has 0 heterocycles. The lowest BCUT2D eigenvalue weighted by atomic mass is 9.81. The normalized spacial score (nSPS) is 12.3. The van der Waals surface area contributed by atoms with Gasteiger partial charge in [-0.15, -0.1) is 0 Å². The maximum absolute atomic E-state index is 12.2. The molecular formula is C15H23ClN2O. The lowest BCUT2D eigenvalue weighted by Crippen LogP contribution is -2.46. The molecule has 3 N–H and O–H groups in total. The van der Waals surface area contributed by atoms with E-state index in [4.69, 9.17) is 17.3 Å². The molecule has 1 aromatic rings. The second-order valence-corrected chi connectivity index (χ2v) is 7.24. The summed E-state index contributed by atoms with van der Waals surface area (Å²) >= 11 is 5.83. The Kier molecular flexibility index (Phi) is 4.51. The summed E-state index contributed by atoms with van der Waals surface area (Å²) in [4.78, 5) is 12.2. The Morgan fingerprint density at radius 1 is 1.26 bits per heavy atom. The molecule has 0 bridgehead atoms. The van der Waals surface area contributed by atoms with Crippen molar-refractivity contribution in [2.24, 2.45) is 5.41 Å². The highest BCUT2D eigenvalue weighted by molar-refractivity contribution is 6.31. The van der Waals surface area contributed by atoms with Crippen molar-refractivity contribution < 1.29 is 4.79 Å². The van der Waals surface area contributed by atoms with E-state index in [2.05, 4.69) is 26.1 Å². The van der Waals surface area contributed by atoms with E-state index >= 15 is 0 Å². The average molecular weight is 283 g/mol. The number of rotatable bonds is 3. The molecule has 4 heteroatoms. The number of carbonyl (C=O) groups excluding carboxylic acids is 1. The summed E-state index contributed by atoms with van der Waals surface area (Å²) in [5.74, 6) is -0.164. The summed E-state index contributed by atoms with van der Waals surface area (Å²) in [5.41, 5.74) is 6.54. The van der Waals surface area contributed by atoms with Gasteiger partial charge in [0, 0.05) is 16.2 Å². The number of nitrogens with two attached hydrogens (primary N) is 1. The minimum atomic E-state index is -0.290. The Hall–Kier alpha value is -1.22. The van der Waals surface area contributed by atoms with Gasteiger partial charge in [-0.2, -0.15) is 0 Å². The van der Waals surface area contributed by atoms with E-state index in [1.807, 2.05) is 13.8 Å². The van der Waals surface area contributed by atoms with E-state index in [0.29, 0.717) is 16.3 Å². The molecule has 0 saturated carbocycles. The Morgan fingerprint density at radius 3 is 2.32 bits per heavy atom. The molecule has 0 atom stereocenters. The van der Waals surface area contributed by atoms with Crippen LogP contribution in [-0.4, -0.2) is 11.4 Å². The highest BCUT2D eigenvalue weighted by Crippen LogP contribution is 2.27. The fourth-order valence-electron chi connectivity index (χ4n) is 2.49. The maximum atomic E-state index is 12.2. The number of halogens is 1. The largest absolute Gasteiger partial charge is 0.398 e. The molecule has 1 aromatic carbocycles. The Balaban J connectivity index is 2.84. The van der Waals surface area contributed by atoms with E-state index in [1.54, 1.807) is 18.2 Å². The lowest BCUT2D eigenvalue weighted by molar-refractivity contribution is 0.0892. The van der Waals surface area contributed by atoms with Crippen LogP contribution < -0.4 is 11.1 Å². The number of carbonyl (C=O) groups is 1. The summed E-state index contributed by atoms with van der Waals surface area (Å²) in [7, 11) is 0. The molecule has 0 aliphatic heterocycles. The van der Waals surface area contributed by atoms with Crippen molar-refractivity contribution in [3.05, 3.63) is 28.8 Å². The first kappa shape index (κ1) is 15.8. The quantitative estimate of drug-likeness (QED) is 0.827. The van der Waals surface area contributed by atoms with Crippen molar-refractivity contribution in [2.75, 3.05) is 5.73 Å². The Labute approximate surface area is 120 Å². The number of nitrogen functional groups attached to an aromatic ring is 1. The van der Waals surface area contributed by atoms with Crippen molar-refractivity contribution in [3.8, 4) is 0 Å². The smallest absolute Gasteiger partial charge is 0.253 e. The summed E-state index contributed by atoms with van der Waals surface area (Å²) < 4.78 is 0. The molecule has 0 radical (unpaired) electrons. The first-order valence-corrected chi connectivity index (χ1v) is 6.75. The van der Waals surface area contributed by atoms with E-state index < -0.39 is 0 Å². The van der Waals surface area contributed by atoms with Gasteiger partial charge in [-0.3, -0.25) is 4.79 Å². The topological polar surface area (TPSA) is 55.1 Å². The van der Waals surface area contributed by atoms with Crippen molar-refractivity contribution >= 4 is 23.2 Å². The van der Waals surface area contributed by atoms with Crippen LogP contribution in [0, 0.1) is 5.41 Å². The van der Waals surface area contributed by atoms with E-state index in [1.165, 1.54) is 0 Å². The number of hydrogen-bond donors (Lipinski definition) is 2. The highest BCUT2D eigenvalue weighted by Gasteiger charge is 2.27. The van der Waals surface area contributed by atoms with Gasteiger partial charge in [0.15, 0.2) is 0 Å². The first-order valence-electron chi connectivity index (χ1n) is 6.38. The van der Waals surface area contributed by atoms with Gasteiger partial charge >= 0.3 is 0 Å². The molecular weight excluding hydrogens is 260 g/mol. The van der Waals surface area contributed by atoms with Crippen LogP contribution in [0.5, 0.6) is 0 Å². The summed E-state index contributed by atoms with van der Waals surface area (Å²) in [6.45, 7) is 10.5. The van der Waals surface area contributed by atoms with Gasteiger partial charge in [-0.25, -0.2) is 0 Å². The molecule has 106 valence electrons. The van der Waals surface area contributed by atoms with Gasteiger partial charge in [0.05, 0.1) is 5.56 Å². The standard InChI is InChI=1S/C15H23ClN2O/c1-14(2,3)9-15(4,5)18-13(19)11-7-6-10(16)8-12(11)17/h6-8H,9,17H2,1-5H3,(H,18,19). The summed E-state index contributed by atoms with van der Waals surface area (Å²) in [6, 6.07) is 4.91. The zero-order chi connectivity index (χ0) is 14.8. The molecule has 0 aliphatic carbocycles. The van der Waals surface area contributed by atoms with Crippen LogP contribution in [0.1, 0.15) is 51.4 Å². The fraction of sp³-hybridized carbons (Fsp3) is 0.533. The fourth-order valence-corrected chi connectivity index (χ4v) is 2.67. The summed E-state index contributed by atoms with van der Waals surface area (Å²) in [5, 5.41) is 3.56. The van der Waals surface area contributed by atoms with Gasteiger partial charge in [-0.05, 0) is 43.9 Å². The SMILES string of the molecule is CC(C)(C)CC(C)(C)NC(=O)c1ccc(Cl)cc1N. The lowest BCUT2D eigenvalue weighted by Gasteiger charge is -2.33. The van der Waals surface area contributed by atoms with Crippen molar-refractivity contribution in [3.63, 3.8) is 0 Å². The third-order valence-electron chi connectivity index (χ3n) is 2.68. The molecule has 0 fully saturated rings. The number of nitrogens with one attached hydrogen (secondary N) is 1. The van der Waals surface area contributed by atoms with Gasteiger partial charge < -0.3 is 11.1 Å². The monoisotopic (exact) mass is 282 g/mol. The second-order valence-electron chi connectivity index (χ2n) is 6.81. The average Bonchev–Trinajstić information content (AvgIpc) is 2.11. The van der Waals surface area contributed by atoms with Crippen LogP contribution >= 0.6 is 11.6 Å². The van der Waals surface area contributed by atoms with Gasteiger partial charge in [0.1, 0.15) is 0 Å². The number of anilines is 1. The molecule has 0 saturated heterocycles. The predicted octanol–water partition coefficient (Wildman–Crippen LogP) is 3.87. The van der Waals surface area contributed by atoms with Crippen LogP contribution in [0.15, 0.2) is 18.2 Å². The first-order chi connectivity index (χ1) is 8.50. The van der Waals surface area contributed by atoms with Crippen LogP contribution in [0.3, 0.4) is 0 Å². The molecule has 0 spiro atoms. The van der Waals surface area contributed by atoms with Crippen molar-refractivity contribution in [1.82, 2.24) is 5.32 Å². The summed E-state index contributed by atoms with van der Waals surface area (Å²) in [6.07, 6.45) is 0.874. The van der Waals surface area contributed by atoms with Crippen molar-refractivity contribution in [2.45, 2.75) is 46.6 Å².